The summed E-state index contributed by atoms with van der Waals surface area (Å²) in [6.45, 7) is 0. The highest BCUT2D eigenvalue weighted by molar-refractivity contribution is 8.00. The average molecular weight is 577 g/mol. The van der Waals surface area contributed by atoms with Gasteiger partial charge in [-0.1, -0.05) is 65.7 Å². The number of nitrogens with one attached hydrogen (secondary N) is 3. The normalized spacial score (nSPS) is 11.0. The van der Waals surface area contributed by atoms with Gasteiger partial charge in [0.1, 0.15) is 5.70 Å². The van der Waals surface area contributed by atoms with Crippen molar-refractivity contribution in [1.82, 2.24) is 5.32 Å². The van der Waals surface area contributed by atoms with Crippen LogP contribution in [0.1, 0.15) is 15.9 Å². The summed E-state index contributed by atoms with van der Waals surface area (Å²) in [4.78, 5) is 39.1. The lowest BCUT2D eigenvalue weighted by Crippen LogP contribution is -2.30. The Hall–Kier alpha value is -4.04. The molecule has 0 atom stereocenters. The monoisotopic (exact) mass is 575 g/mol. The minimum absolute atomic E-state index is 0.0703. The first-order valence-electron chi connectivity index (χ1n) is 11.8. The second-order valence-corrected chi connectivity index (χ2v) is 10.1. The molecule has 39 heavy (non-hydrogen) atoms. The van der Waals surface area contributed by atoms with E-state index < -0.39 is 11.8 Å². The highest BCUT2D eigenvalue weighted by Gasteiger charge is 2.15. The quantitative estimate of drug-likeness (QED) is 0.146. The van der Waals surface area contributed by atoms with Crippen LogP contribution in [0.5, 0.6) is 0 Å². The smallest absolute Gasteiger partial charge is 0.272 e. The Morgan fingerprint density at radius 3 is 2.10 bits per heavy atom. The SMILES string of the molecule is O=C(CSc1ccc(NC(=O)/C(=C/c2ccc(Cl)cc2)NC(=O)c2ccccc2)cc1)Nc1ccccc1Cl. The van der Waals surface area contributed by atoms with E-state index in [1.807, 2.05) is 0 Å². The maximum absolute atomic E-state index is 13.2. The molecule has 0 aliphatic rings. The first kappa shape index (κ1) is 28.0. The van der Waals surface area contributed by atoms with Crippen LogP contribution < -0.4 is 16.0 Å². The third-order valence-electron chi connectivity index (χ3n) is 5.34. The van der Waals surface area contributed by atoms with E-state index in [1.165, 1.54) is 11.8 Å². The zero-order chi connectivity index (χ0) is 27.6. The Labute approximate surface area is 240 Å². The molecule has 0 saturated heterocycles. The molecule has 0 saturated carbocycles. The van der Waals surface area contributed by atoms with Crippen molar-refractivity contribution < 1.29 is 14.4 Å². The molecule has 3 amide bonds. The first-order valence-corrected chi connectivity index (χ1v) is 13.5. The zero-order valence-corrected chi connectivity index (χ0v) is 22.8. The van der Waals surface area contributed by atoms with Gasteiger partial charge < -0.3 is 16.0 Å². The second-order valence-electron chi connectivity index (χ2n) is 8.22. The van der Waals surface area contributed by atoms with Gasteiger partial charge in [-0.3, -0.25) is 14.4 Å². The third-order valence-corrected chi connectivity index (χ3v) is 6.93. The first-order chi connectivity index (χ1) is 18.9. The molecule has 4 rings (SSSR count). The number of anilines is 2. The van der Waals surface area contributed by atoms with Crippen LogP contribution in [0.4, 0.5) is 11.4 Å². The minimum Gasteiger partial charge on any atom is -0.324 e. The van der Waals surface area contributed by atoms with Gasteiger partial charge in [0.25, 0.3) is 11.8 Å². The highest BCUT2D eigenvalue weighted by Crippen LogP contribution is 2.23. The number of carbonyl (C=O) groups is 3. The van der Waals surface area contributed by atoms with Crippen molar-refractivity contribution in [1.29, 1.82) is 0 Å². The molecule has 3 N–H and O–H groups in total. The molecule has 0 spiro atoms. The van der Waals surface area contributed by atoms with E-state index in [0.29, 0.717) is 32.5 Å². The molecule has 4 aromatic carbocycles. The van der Waals surface area contributed by atoms with Crippen molar-refractivity contribution >= 4 is 70.1 Å². The van der Waals surface area contributed by atoms with Gasteiger partial charge in [0.15, 0.2) is 0 Å². The summed E-state index contributed by atoms with van der Waals surface area (Å²) >= 11 is 13.4. The Morgan fingerprint density at radius 2 is 1.41 bits per heavy atom. The molecule has 0 aliphatic carbocycles. The summed E-state index contributed by atoms with van der Waals surface area (Å²) < 4.78 is 0. The van der Waals surface area contributed by atoms with Crippen LogP contribution >= 0.6 is 35.0 Å². The molecular weight excluding hydrogens is 553 g/mol. The van der Waals surface area contributed by atoms with Crippen LogP contribution in [-0.2, 0) is 9.59 Å². The van der Waals surface area contributed by atoms with Crippen LogP contribution in [-0.4, -0.2) is 23.5 Å². The van der Waals surface area contributed by atoms with Crippen molar-refractivity contribution in [3.05, 3.63) is 130 Å². The zero-order valence-electron chi connectivity index (χ0n) is 20.5. The largest absolute Gasteiger partial charge is 0.324 e. The molecule has 0 fully saturated rings. The molecular formula is C30H23Cl2N3O3S. The number of amides is 3. The van der Waals surface area contributed by atoms with Gasteiger partial charge in [0, 0.05) is 21.2 Å². The van der Waals surface area contributed by atoms with Gasteiger partial charge >= 0.3 is 0 Å². The van der Waals surface area contributed by atoms with Gasteiger partial charge in [0.2, 0.25) is 5.91 Å². The van der Waals surface area contributed by atoms with E-state index in [-0.39, 0.29) is 17.4 Å². The fraction of sp³-hybridized carbons (Fsp3) is 0.0333. The molecule has 0 aliphatic heterocycles. The minimum atomic E-state index is -0.492. The van der Waals surface area contributed by atoms with E-state index in [4.69, 9.17) is 23.2 Å². The Balaban J connectivity index is 1.40. The molecule has 0 radical (unpaired) electrons. The highest BCUT2D eigenvalue weighted by atomic mass is 35.5. The van der Waals surface area contributed by atoms with Gasteiger partial charge in [-0.15, -0.1) is 11.8 Å². The molecule has 4 aromatic rings. The van der Waals surface area contributed by atoms with Crippen molar-refractivity contribution in [2.45, 2.75) is 4.90 Å². The lowest BCUT2D eigenvalue weighted by molar-refractivity contribution is -0.114. The Kier molecular flexibility index (Phi) is 9.80. The maximum atomic E-state index is 13.2. The summed E-state index contributed by atoms with van der Waals surface area (Å²) in [5.41, 5.74) is 2.28. The molecule has 9 heteroatoms. The van der Waals surface area contributed by atoms with Gasteiger partial charge in [-0.05, 0) is 72.3 Å². The number of para-hydroxylation sites is 1. The summed E-state index contributed by atoms with van der Waals surface area (Å²) in [5.74, 6) is -0.894. The summed E-state index contributed by atoms with van der Waals surface area (Å²) in [7, 11) is 0. The van der Waals surface area contributed by atoms with E-state index in [1.54, 1.807) is 109 Å². The Bertz CT molecular complexity index is 1490. The van der Waals surface area contributed by atoms with Gasteiger partial charge in [0.05, 0.1) is 16.5 Å². The summed E-state index contributed by atoms with van der Waals surface area (Å²) in [6.07, 6.45) is 1.58. The van der Waals surface area contributed by atoms with E-state index in [0.717, 1.165) is 4.90 Å². The molecule has 196 valence electrons. The number of halogens is 2. The predicted octanol–water partition coefficient (Wildman–Crippen LogP) is 7.13. The number of hydrogen-bond donors (Lipinski definition) is 3. The number of thioether (sulfide) groups is 1. The van der Waals surface area contributed by atoms with Crippen molar-refractivity contribution in [2.75, 3.05) is 16.4 Å². The lowest BCUT2D eigenvalue weighted by atomic mass is 10.1. The van der Waals surface area contributed by atoms with Crippen LogP contribution in [0.15, 0.2) is 114 Å². The van der Waals surface area contributed by atoms with Crippen molar-refractivity contribution in [3.63, 3.8) is 0 Å². The van der Waals surface area contributed by atoms with Gasteiger partial charge in [-0.2, -0.15) is 0 Å². The molecule has 0 heterocycles. The van der Waals surface area contributed by atoms with Crippen LogP contribution in [0.2, 0.25) is 10.0 Å². The molecule has 6 nitrogen and oxygen atoms in total. The average Bonchev–Trinajstić information content (AvgIpc) is 2.95. The number of hydrogen-bond acceptors (Lipinski definition) is 4. The lowest BCUT2D eigenvalue weighted by Gasteiger charge is -2.12. The Morgan fingerprint density at radius 1 is 0.744 bits per heavy atom. The van der Waals surface area contributed by atoms with Crippen molar-refractivity contribution in [2.24, 2.45) is 0 Å². The topological polar surface area (TPSA) is 87.3 Å². The van der Waals surface area contributed by atoms with E-state index in [2.05, 4.69) is 16.0 Å². The van der Waals surface area contributed by atoms with E-state index >= 15 is 0 Å². The summed E-state index contributed by atoms with van der Waals surface area (Å²) in [6, 6.07) is 29.6. The molecule has 0 bridgehead atoms. The van der Waals surface area contributed by atoms with Crippen LogP contribution in [0, 0.1) is 0 Å². The molecule has 0 aromatic heterocycles. The maximum Gasteiger partial charge on any atom is 0.272 e. The fourth-order valence-corrected chi connectivity index (χ4v) is 4.41. The second kappa shape index (κ2) is 13.7. The number of benzene rings is 4. The van der Waals surface area contributed by atoms with Crippen molar-refractivity contribution in [3.8, 4) is 0 Å². The standard InChI is InChI=1S/C30H23Cl2N3O3S/c31-22-12-10-20(11-13-22)18-27(35-29(37)21-6-2-1-3-7-21)30(38)33-23-14-16-24(17-15-23)39-19-28(36)34-26-9-5-4-8-25(26)32/h1-18H,19H2,(H,33,38)(H,34,36)(H,35,37)/b27-18-. The summed E-state index contributed by atoms with van der Waals surface area (Å²) in [5, 5.41) is 9.33. The van der Waals surface area contributed by atoms with Crippen LogP contribution in [0.3, 0.4) is 0 Å². The number of carbonyl (C=O) groups excluding carboxylic acids is 3. The van der Waals surface area contributed by atoms with Gasteiger partial charge in [-0.25, -0.2) is 0 Å². The predicted molar refractivity (Wildman–Crippen MR) is 159 cm³/mol. The fourth-order valence-electron chi connectivity index (χ4n) is 3.40. The molecule has 0 unspecified atom stereocenters. The van der Waals surface area contributed by atoms with E-state index in [9.17, 15) is 14.4 Å². The third kappa shape index (κ3) is 8.48. The number of rotatable bonds is 9. The van der Waals surface area contributed by atoms with Crippen LogP contribution in [0.25, 0.3) is 6.08 Å².